The molecule has 0 saturated heterocycles. The summed E-state index contributed by atoms with van der Waals surface area (Å²) in [6.45, 7) is 1.55. The van der Waals surface area contributed by atoms with E-state index in [0.717, 1.165) is 12.8 Å². The first-order valence-electron chi connectivity index (χ1n) is 3.21. The number of rotatable bonds is 3. The van der Waals surface area contributed by atoms with Gasteiger partial charge < -0.3 is 0 Å². The van der Waals surface area contributed by atoms with Crippen LogP contribution >= 0.6 is 12.6 Å². The van der Waals surface area contributed by atoms with Gasteiger partial charge in [0.05, 0.1) is 0 Å². The van der Waals surface area contributed by atoms with Crippen molar-refractivity contribution in [2.45, 2.75) is 30.4 Å². The third kappa shape index (κ3) is 2.14. The molecule has 3 nitrogen and oxygen atoms in total. The summed E-state index contributed by atoms with van der Waals surface area (Å²) in [6, 6.07) is 0.194. The smallest absolute Gasteiger partial charge is 0.211 e. The van der Waals surface area contributed by atoms with Crippen LogP contribution in [0.15, 0.2) is 0 Å². The van der Waals surface area contributed by atoms with Gasteiger partial charge in [-0.05, 0) is 19.8 Å². The van der Waals surface area contributed by atoms with Gasteiger partial charge in [0.1, 0.15) is 4.58 Å². The summed E-state index contributed by atoms with van der Waals surface area (Å²) in [5, 5.41) is 0. The molecule has 1 saturated carbocycles. The van der Waals surface area contributed by atoms with Crippen LogP contribution in [0.3, 0.4) is 0 Å². The second-order valence-electron chi connectivity index (χ2n) is 2.54. The van der Waals surface area contributed by atoms with E-state index in [1.54, 1.807) is 6.92 Å². The highest BCUT2D eigenvalue weighted by atomic mass is 32.3. The molecule has 0 bridgehead atoms. The Labute approximate surface area is 66.7 Å². The molecular weight excluding hydrogens is 170 g/mol. The molecule has 60 valence electrons. The van der Waals surface area contributed by atoms with Gasteiger partial charge in [0.2, 0.25) is 10.0 Å². The highest BCUT2D eigenvalue weighted by molar-refractivity contribution is 8.03. The molecule has 1 rings (SSSR count). The van der Waals surface area contributed by atoms with Crippen LogP contribution < -0.4 is 4.72 Å². The van der Waals surface area contributed by atoms with Crippen molar-refractivity contribution in [3.05, 3.63) is 0 Å². The van der Waals surface area contributed by atoms with E-state index in [2.05, 4.69) is 17.4 Å². The molecule has 1 aliphatic rings. The minimum Gasteiger partial charge on any atom is -0.211 e. The van der Waals surface area contributed by atoms with Crippen LogP contribution in [0.4, 0.5) is 0 Å². The zero-order valence-electron chi connectivity index (χ0n) is 5.74. The number of thiol groups is 1. The second-order valence-corrected chi connectivity index (χ2v) is 5.69. The van der Waals surface area contributed by atoms with E-state index in [0.29, 0.717) is 0 Å². The minimum absolute atomic E-state index is 0.194. The normalized spacial score (nSPS) is 22.6. The molecule has 0 spiro atoms. The van der Waals surface area contributed by atoms with E-state index in [9.17, 15) is 8.42 Å². The van der Waals surface area contributed by atoms with Crippen LogP contribution in [0.2, 0.25) is 0 Å². The van der Waals surface area contributed by atoms with Crippen LogP contribution in [0, 0.1) is 0 Å². The lowest BCUT2D eigenvalue weighted by Crippen LogP contribution is -2.31. The number of hydrogen-bond acceptors (Lipinski definition) is 3. The van der Waals surface area contributed by atoms with Gasteiger partial charge in [-0.2, -0.15) is 12.6 Å². The maximum Gasteiger partial charge on any atom is 0.223 e. The largest absolute Gasteiger partial charge is 0.223 e. The fourth-order valence-corrected chi connectivity index (χ4v) is 1.61. The van der Waals surface area contributed by atoms with Crippen LogP contribution in [-0.2, 0) is 10.0 Å². The lowest BCUT2D eigenvalue weighted by atomic mass is 10.8. The number of nitrogens with one attached hydrogen (secondary N) is 1. The highest BCUT2D eigenvalue weighted by Crippen LogP contribution is 2.21. The molecule has 0 heterocycles. The van der Waals surface area contributed by atoms with E-state index in [1.165, 1.54) is 0 Å². The van der Waals surface area contributed by atoms with Crippen molar-refractivity contribution in [1.29, 1.82) is 0 Å². The average Bonchev–Trinajstić information content (AvgIpc) is 2.48. The summed E-state index contributed by atoms with van der Waals surface area (Å²) in [7, 11) is -3.12. The fourth-order valence-electron chi connectivity index (χ4n) is 0.532. The maximum absolute atomic E-state index is 11.0. The minimum atomic E-state index is -3.12. The Morgan fingerprint density at radius 1 is 1.60 bits per heavy atom. The molecule has 1 N–H and O–H groups in total. The number of sulfonamides is 1. The summed E-state index contributed by atoms with van der Waals surface area (Å²) in [4.78, 5) is 0. The Bertz CT molecular complexity index is 206. The lowest BCUT2D eigenvalue weighted by molar-refractivity contribution is 0.580. The molecule has 0 aromatic heterocycles. The predicted octanol–water partition coefficient (Wildman–Crippen LogP) is 0.344. The van der Waals surface area contributed by atoms with Crippen molar-refractivity contribution < 1.29 is 8.42 Å². The zero-order valence-corrected chi connectivity index (χ0v) is 7.45. The van der Waals surface area contributed by atoms with Crippen molar-refractivity contribution >= 4 is 22.7 Å². The van der Waals surface area contributed by atoms with E-state index < -0.39 is 14.6 Å². The van der Waals surface area contributed by atoms with Gasteiger partial charge >= 0.3 is 0 Å². The first kappa shape index (κ1) is 8.36. The van der Waals surface area contributed by atoms with Gasteiger partial charge in [-0.1, -0.05) is 0 Å². The molecule has 1 aliphatic carbocycles. The van der Waals surface area contributed by atoms with Crippen molar-refractivity contribution in [3.8, 4) is 0 Å². The molecule has 1 unspecified atom stereocenters. The van der Waals surface area contributed by atoms with Crippen molar-refractivity contribution in [1.82, 2.24) is 4.72 Å². The highest BCUT2D eigenvalue weighted by Gasteiger charge is 2.28. The topological polar surface area (TPSA) is 46.2 Å². The molecule has 0 radical (unpaired) electrons. The third-order valence-electron chi connectivity index (χ3n) is 1.36. The summed E-state index contributed by atoms with van der Waals surface area (Å²) in [6.07, 6.45) is 1.94. The fraction of sp³-hybridized carbons (Fsp3) is 1.00. The number of hydrogen-bond donors (Lipinski definition) is 2. The van der Waals surface area contributed by atoms with Gasteiger partial charge in [-0.25, -0.2) is 13.1 Å². The molecule has 10 heavy (non-hydrogen) atoms. The van der Waals surface area contributed by atoms with Gasteiger partial charge in [0.25, 0.3) is 0 Å². The first-order chi connectivity index (χ1) is 4.52. The van der Waals surface area contributed by atoms with Gasteiger partial charge in [0, 0.05) is 6.04 Å². The molecule has 1 fully saturated rings. The average molecular weight is 181 g/mol. The summed E-state index contributed by atoms with van der Waals surface area (Å²) < 4.78 is 23.9. The Kier molecular flexibility index (Phi) is 2.27. The monoisotopic (exact) mass is 181 g/mol. The SMILES string of the molecule is CC(S)S(=O)(=O)NC1CC1. The van der Waals surface area contributed by atoms with E-state index in [4.69, 9.17) is 0 Å². The third-order valence-corrected chi connectivity index (χ3v) is 3.75. The molecule has 0 aromatic carbocycles. The Morgan fingerprint density at radius 3 is 2.40 bits per heavy atom. The summed E-state index contributed by atoms with van der Waals surface area (Å²) in [5.41, 5.74) is 0. The van der Waals surface area contributed by atoms with Gasteiger partial charge in [-0.15, -0.1) is 0 Å². The van der Waals surface area contributed by atoms with Gasteiger partial charge in [-0.3, -0.25) is 0 Å². The Morgan fingerprint density at radius 2 is 2.10 bits per heavy atom. The van der Waals surface area contributed by atoms with E-state index >= 15 is 0 Å². The van der Waals surface area contributed by atoms with Crippen LogP contribution in [0.25, 0.3) is 0 Å². The van der Waals surface area contributed by atoms with Crippen LogP contribution in [-0.4, -0.2) is 19.0 Å². The quantitative estimate of drug-likeness (QED) is 0.617. The van der Waals surface area contributed by atoms with Gasteiger partial charge in [0.15, 0.2) is 0 Å². The molecular formula is C5H11NO2S2. The molecule has 1 atom stereocenters. The standard InChI is InChI=1S/C5H11NO2S2/c1-4(9)10(7,8)6-5-2-3-5/h4-6,9H,2-3H2,1H3. The molecule has 0 aromatic rings. The molecule has 5 heteroatoms. The summed E-state index contributed by atoms with van der Waals surface area (Å²) >= 11 is 3.83. The predicted molar refractivity (Wildman–Crippen MR) is 43.5 cm³/mol. The Hall–Kier alpha value is 0.260. The van der Waals surface area contributed by atoms with Crippen LogP contribution in [0.1, 0.15) is 19.8 Å². The zero-order chi connectivity index (χ0) is 7.78. The van der Waals surface area contributed by atoms with E-state index in [-0.39, 0.29) is 6.04 Å². The first-order valence-corrected chi connectivity index (χ1v) is 5.28. The second kappa shape index (κ2) is 2.71. The summed E-state index contributed by atoms with van der Waals surface area (Å²) in [5.74, 6) is 0. The lowest BCUT2D eigenvalue weighted by Gasteiger charge is -2.06. The van der Waals surface area contributed by atoms with E-state index in [1.807, 2.05) is 0 Å². The van der Waals surface area contributed by atoms with Crippen LogP contribution in [0.5, 0.6) is 0 Å². The van der Waals surface area contributed by atoms with Crippen molar-refractivity contribution in [3.63, 3.8) is 0 Å². The Balaban J connectivity index is 2.50. The van der Waals surface area contributed by atoms with Crippen molar-refractivity contribution in [2.24, 2.45) is 0 Å². The molecule has 0 aliphatic heterocycles. The molecule has 0 amide bonds. The van der Waals surface area contributed by atoms with Crippen molar-refractivity contribution in [2.75, 3.05) is 0 Å². The maximum atomic E-state index is 11.0.